The number of carbonyl (C=O) groups excluding carboxylic acids is 1. The van der Waals surface area contributed by atoms with Gasteiger partial charge in [-0.3, -0.25) is 9.59 Å². The van der Waals surface area contributed by atoms with Gasteiger partial charge in [0, 0.05) is 31.0 Å². The number of nitrogens with zero attached hydrogens (tertiary/aromatic N) is 1. The van der Waals surface area contributed by atoms with E-state index < -0.39 is 12.0 Å². The van der Waals surface area contributed by atoms with Crippen molar-refractivity contribution in [1.29, 1.82) is 0 Å². The van der Waals surface area contributed by atoms with E-state index in [1.165, 1.54) is 0 Å². The summed E-state index contributed by atoms with van der Waals surface area (Å²) in [5.74, 6) is 0.914. The molecule has 5 nitrogen and oxygen atoms in total. The van der Waals surface area contributed by atoms with Crippen LogP contribution < -0.4 is 5.73 Å². The van der Waals surface area contributed by atoms with Crippen molar-refractivity contribution >= 4 is 23.6 Å². The van der Waals surface area contributed by atoms with Crippen LogP contribution in [0.5, 0.6) is 0 Å². The van der Waals surface area contributed by atoms with E-state index in [1.54, 1.807) is 4.90 Å². The van der Waals surface area contributed by atoms with E-state index in [4.69, 9.17) is 10.8 Å². The Balaban J connectivity index is 2.25. The van der Waals surface area contributed by atoms with Crippen LogP contribution in [0.3, 0.4) is 0 Å². The van der Waals surface area contributed by atoms with E-state index in [1.807, 2.05) is 11.8 Å². The molecule has 3 N–H and O–H groups in total. The molecule has 1 aliphatic rings. The van der Waals surface area contributed by atoms with Crippen molar-refractivity contribution in [1.82, 2.24) is 4.90 Å². The Kier molecular flexibility index (Phi) is 4.90. The van der Waals surface area contributed by atoms with E-state index in [0.29, 0.717) is 0 Å². The number of carbonyl (C=O) groups is 2. The van der Waals surface area contributed by atoms with Crippen LogP contribution in [0.15, 0.2) is 0 Å². The van der Waals surface area contributed by atoms with Crippen molar-refractivity contribution in [2.24, 2.45) is 5.73 Å². The highest BCUT2D eigenvalue weighted by molar-refractivity contribution is 7.99. The molecule has 0 aromatic carbocycles. The Morgan fingerprint density at radius 1 is 1.40 bits per heavy atom. The molecule has 0 saturated carbocycles. The molecule has 1 aliphatic heterocycles. The maximum Gasteiger partial charge on any atom is 0.320 e. The first-order chi connectivity index (χ1) is 7.11. The lowest BCUT2D eigenvalue weighted by Gasteiger charge is -2.26. The number of thioether (sulfide) groups is 1. The molecule has 15 heavy (non-hydrogen) atoms. The first-order valence-corrected chi connectivity index (χ1v) is 6.10. The third-order valence-corrected chi connectivity index (χ3v) is 3.29. The fourth-order valence-corrected chi connectivity index (χ4v) is 2.28. The minimum Gasteiger partial charge on any atom is -0.480 e. The molecule has 0 unspecified atom stereocenters. The Hall–Kier alpha value is -0.750. The number of carboxylic acid groups (broad SMARTS) is 1. The Morgan fingerprint density at radius 3 is 2.53 bits per heavy atom. The van der Waals surface area contributed by atoms with Gasteiger partial charge in [0.25, 0.3) is 0 Å². The lowest BCUT2D eigenvalue weighted by atomic mass is 10.1. The average molecular weight is 232 g/mol. The molecule has 0 radical (unpaired) electrons. The summed E-state index contributed by atoms with van der Waals surface area (Å²) in [5.41, 5.74) is 5.32. The topological polar surface area (TPSA) is 83.6 Å². The smallest absolute Gasteiger partial charge is 0.320 e. The second-order valence-corrected chi connectivity index (χ2v) is 4.70. The van der Waals surface area contributed by atoms with Gasteiger partial charge in [-0.2, -0.15) is 11.8 Å². The minimum atomic E-state index is -1.04. The predicted octanol–water partition coefficient (Wildman–Crippen LogP) is -0.246. The predicted molar refractivity (Wildman–Crippen MR) is 58.8 cm³/mol. The minimum absolute atomic E-state index is 0.0204. The Bertz CT molecular complexity index is 242. The highest BCUT2D eigenvalue weighted by Gasteiger charge is 2.19. The highest BCUT2D eigenvalue weighted by Crippen LogP contribution is 2.11. The summed E-state index contributed by atoms with van der Waals surface area (Å²) < 4.78 is 0. The van der Waals surface area contributed by atoms with Crippen molar-refractivity contribution in [3.63, 3.8) is 0 Å². The van der Waals surface area contributed by atoms with Gasteiger partial charge in [0.15, 0.2) is 0 Å². The number of amides is 1. The summed E-state index contributed by atoms with van der Waals surface area (Å²) in [6, 6.07) is -0.923. The second-order valence-electron chi connectivity index (χ2n) is 3.48. The van der Waals surface area contributed by atoms with Gasteiger partial charge in [-0.1, -0.05) is 0 Å². The molecule has 1 saturated heterocycles. The molecule has 1 atom stereocenters. The maximum absolute atomic E-state index is 11.6. The van der Waals surface area contributed by atoms with Crippen LogP contribution in [0.2, 0.25) is 0 Å². The molecule has 1 rings (SSSR count). The first-order valence-electron chi connectivity index (χ1n) is 4.95. The monoisotopic (exact) mass is 232 g/mol. The van der Waals surface area contributed by atoms with Crippen LogP contribution in [-0.2, 0) is 9.59 Å². The third-order valence-electron chi connectivity index (χ3n) is 2.35. The van der Waals surface area contributed by atoms with Gasteiger partial charge in [-0.05, 0) is 6.42 Å². The third kappa shape index (κ3) is 4.09. The quantitative estimate of drug-likeness (QED) is 0.698. The normalized spacial score (nSPS) is 18.6. The van der Waals surface area contributed by atoms with Gasteiger partial charge in [0.1, 0.15) is 6.04 Å². The zero-order chi connectivity index (χ0) is 11.3. The molecule has 6 heteroatoms. The zero-order valence-corrected chi connectivity index (χ0v) is 9.33. The molecule has 1 fully saturated rings. The fourth-order valence-electron chi connectivity index (χ4n) is 1.37. The van der Waals surface area contributed by atoms with E-state index in [2.05, 4.69) is 0 Å². The van der Waals surface area contributed by atoms with Crippen LogP contribution in [0.4, 0.5) is 0 Å². The first kappa shape index (κ1) is 12.3. The lowest BCUT2D eigenvalue weighted by Crippen LogP contribution is -2.39. The van der Waals surface area contributed by atoms with Gasteiger partial charge in [-0.25, -0.2) is 0 Å². The summed E-state index contributed by atoms with van der Waals surface area (Å²) in [7, 11) is 0. The van der Waals surface area contributed by atoms with Gasteiger partial charge in [0.05, 0.1) is 0 Å². The number of aliphatic carboxylic acids is 1. The van der Waals surface area contributed by atoms with E-state index in [-0.39, 0.29) is 18.7 Å². The van der Waals surface area contributed by atoms with Crippen LogP contribution in [0, 0.1) is 0 Å². The second kappa shape index (κ2) is 5.97. The Morgan fingerprint density at radius 2 is 2.00 bits per heavy atom. The lowest BCUT2D eigenvalue weighted by molar-refractivity contribution is -0.139. The van der Waals surface area contributed by atoms with Gasteiger partial charge >= 0.3 is 5.97 Å². The number of hydrogen-bond acceptors (Lipinski definition) is 4. The summed E-state index contributed by atoms with van der Waals surface area (Å²) >= 11 is 1.83. The summed E-state index contributed by atoms with van der Waals surface area (Å²) in [6.07, 6.45) is 0.454. The van der Waals surface area contributed by atoms with E-state index in [0.717, 1.165) is 24.6 Å². The zero-order valence-electron chi connectivity index (χ0n) is 8.52. The van der Waals surface area contributed by atoms with Gasteiger partial charge in [0.2, 0.25) is 5.91 Å². The molecule has 0 spiro atoms. The number of hydrogen-bond donors (Lipinski definition) is 2. The average Bonchev–Trinajstić information content (AvgIpc) is 2.26. The maximum atomic E-state index is 11.6. The summed E-state index contributed by atoms with van der Waals surface area (Å²) in [4.78, 5) is 23.8. The number of nitrogens with two attached hydrogens (primary N) is 1. The molecular formula is C9H16N2O3S. The van der Waals surface area contributed by atoms with Crippen molar-refractivity contribution in [3.05, 3.63) is 0 Å². The molecule has 0 aromatic heterocycles. The molecular weight excluding hydrogens is 216 g/mol. The van der Waals surface area contributed by atoms with Gasteiger partial charge in [-0.15, -0.1) is 0 Å². The summed E-state index contributed by atoms with van der Waals surface area (Å²) in [6.45, 7) is 1.54. The standard InChI is InChI=1S/C9H16N2O3S/c10-7(9(13)14)1-2-8(12)11-3-5-15-6-4-11/h7H,1-6,10H2,(H,13,14)/t7-/m0/s1. The molecule has 0 aliphatic carbocycles. The number of carboxylic acids is 1. The molecule has 0 aromatic rings. The van der Waals surface area contributed by atoms with Crippen molar-refractivity contribution < 1.29 is 14.7 Å². The number of rotatable bonds is 4. The van der Waals surface area contributed by atoms with Crippen molar-refractivity contribution in [2.45, 2.75) is 18.9 Å². The van der Waals surface area contributed by atoms with Crippen LogP contribution in [0.1, 0.15) is 12.8 Å². The van der Waals surface area contributed by atoms with Crippen molar-refractivity contribution in [2.75, 3.05) is 24.6 Å². The SMILES string of the molecule is N[C@@H](CCC(=O)N1CCSCC1)C(=O)O. The van der Waals surface area contributed by atoms with Crippen LogP contribution in [0.25, 0.3) is 0 Å². The Labute approximate surface area is 93.0 Å². The van der Waals surface area contributed by atoms with Crippen LogP contribution >= 0.6 is 11.8 Å². The van der Waals surface area contributed by atoms with Crippen LogP contribution in [-0.4, -0.2) is 52.5 Å². The fraction of sp³-hybridized carbons (Fsp3) is 0.778. The summed E-state index contributed by atoms with van der Waals surface area (Å²) in [5, 5.41) is 8.55. The van der Waals surface area contributed by atoms with E-state index in [9.17, 15) is 9.59 Å². The largest absolute Gasteiger partial charge is 0.480 e. The molecule has 86 valence electrons. The molecule has 0 bridgehead atoms. The molecule has 1 heterocycles. The molecule has 1 amide bonds. The van der Waals surface area contributed by atoms with Crippen molar-refractivity contribution in [3.8, 4) is 0 Å². The van der Waals surface area contributed by atoms with E-state index >= 15 is 0 Å². The van der Waals surface area contributed by atoms with Gasteiger partial charge < -0.3 is 15.7 Å². The highest BCUT2D eigenvalue weighted by atomic mass is 32.2.